The Kier molecular flexibility index (Phi) is 13.0. The van der Waals surface area contributed by atoms with Crippen LogP contribution in [0.5, 0.6) is 0 Å². The molecule has 0 bridgehead atoms. The topological polar surface area (TPSA) is 52.1 Å². The second-order valence-corrected chi connectivity index (χ2v) is 9.41. The van der Waals surface area contributed by atoms with Gasteiger partial charge < -0.3 is 20.3 Å². The van der Waals surface area contributed by atoms with E-state index in [9.17, 15) is 0 Å². The van der Waals surface area contributed by atoms with Crippen LogP contribution in [0.4, 0.5) is 0 Å². The number of likely N-dealkylation sites (N-methyl/N-ethyl adjacent to an activating group) is 1. The molecule has 0 unspecified atom stereocenters. The summed E-state index contributed by atoms with van der Waals surface area (Å²) in [7, 11) is 1.87. The van der Waals surface area contributed by atoms with E-state index in [0.29, 0.717) is 5.41 Å². The Morgan fingerprint density at radius 1 is 1.00 bits per heavy atom. The number of aliphatic imine (C=N–C) groups is 1. The lowest BCUT2D eigenvalue weighted by atomic mass is 9.83. The van der Waals surface area contributed by atoms with E-state index >= 15 is 0 Å². The highest BCUT2D eigenvalue weighted by atomic mass is 127. The van der Waals surface area contributed by atoms with Gasteiger partial charge in [-0.2, -0.15) is 0 Å². The summed E-state index contributed by atoms with van der Waals surface area (Å²) in [5.41, 5.74) is 3.13. The molecular formula is C26H46IN5O. The second kappa shape index (κ2) is 15.2. The van der Waals surface area contributed by atoms with Crippen LogP contribution in [0.2, 0.25) is 0 Å². The molecule has 1 saturated heterocycles. The number of hydrogen-bond donors (Lipinski definition) is 2. The van der Waals surface area contributed by atoms with Gasteiger partial charge in [-0.25, -0.2) is 0 Å². The number of piperazine rings is 1. The first-order chi connectivity index (χ1) is 15.7. The number of hydrogen-bond acceptors (Lipinski definition) is 4. The molecule has 33 heavy (non-hydrogen) atoms. The van der Waals surface area contributed by atoms with E-state index in [1.807, 2.05) is 7.05 Å². The van der Waals surface area contributed by atoms with Crippen molar-refractivity contribution >= 4 is 29.9 Å². The van der Waals surface area contributed by atoms with Gasteiger partial charge in [0.1, 0.15) is 0 Å². The largest absolute Gasteiger partial charge is 0.382 e. The average molecular weight is 572 g/mol. The average Bonchev–Trinajstić information content (AvgIpc) is 3.30. The predicted molar refractivity (Wildman–Crippen MR) is 149 cm³/mol. The van der Waals surface area contributed by atoms with Crippen LogP contribution in [0.25, 0.3) is 0 Å². The lowest BCUT2D eigenvalue weighted by molar-refractivity contribution is 0.105. The summed E-state index contributed by atoms with van der Waals surface area (Å²) in [6.45, 7) is 14.6. The van der Waals surface area contributed by atoms with Crippen LogP contribution in [0.15, 0.2) is 29.3 Å². The van der Waals surface area contributed by atoms with Gasteiger partial charge in [0.2, 0.25) is 0 Å². The van der Waals surface area contributed by atoms with Crippen molar-refractivity contribution in [1.82, 2.24) is 20.4 Å². The van der Waals surface area contributed by atoms with Gasteiger partial charge in [-0.1, -0.05) is 44.0 Å². The molecule has 2 fully saturated rings. The Labute approximate surface area is 218 Å². The number of guanidine groups is 1. The third-order valence-electron chi connectivity index (χ3n) is 7.37. The third-order valence-corrected chi connectivity index (χ3v) is 7.37. The van der Waals surface area contributed by atoms with E-state index in [2.05, 4.69) is 63.5 Å². The van der Waals surface area contributed by atoms with Crippen LogP contribution in [0.1, 0.15) is 57.1 Å². The highest BCUT2D eigenvalue weighted by molar-refractivity contribution is 14.0. The zero-order chi connectivity index (χ0) is 22.7. The maximum atomic E-state index is 5.67. The van der Waals surface area contributed by atoms with E-state index in [-0.39, 0.29) is 24.0 Å². The molecule has 2 aliphatic rings. The maximum Gasteiger partial charge on any atom is 0.191 e. The fraction of sp³-hybridized carbons (Fsp3) is 0.731. The number of benzene rings is 1. The van der Waals surface area contributed by atoms with Gasteiger partial charge in [0.25, 0.3) is 0 Å². The molecular weight excluding hydrogens is 525 g/mol. The smallest absolute Gasteiger partial charge is 0.191 e. The van der Waals surface area contributed by atoms with Crippen molar-refractivity contribution in [2.24, 2.45) is 10.4 Å². The quantitative estimate of drug-likeness (QED) is 0.181. The number of rotatable bonds is 11. The Balaban J connectivity index is 0.00000385. The molecule has 0 aromatic heterocycles. The molecule has 2 N–H and O–H groups in total. The van der Waals surface area contributed by atoms with E-state index < -0.39 is 0 Å². The van der Waals surface area contributed by atoms with Gasteiger partial charge in [0.05, 0.1) is 0 Å². The summed E-state index contributed by atoms with van der Waals surface area (Å²) >= 11 is 0. The molecule has 0 atom stereocenters. The van der Waals surface area contributed by atoms with E-state index in [1.165, 1.54) is 49.9 Å². The van der Waals surface area contributed by atoms with E-state index in [0.717, 1.165) is 64.9 Å². The van der Waals surface area contributed by atoms with Crippen LogP contribution in [0, 0.1) is 5.41 Å². The summed E-state index contributed by atoms with van der Waals surface area (Å²) in [6, 6.07) is 8.84. The van der Waals surface area contributed by atoms with Crippen LogP contribution >= 0.6 is 24.0 Å². The highest BCUT2D eigenvalue weighted by Gasteiger charge is 2.33. The molecule has 0 radical (unpaired) electrons. The molecule has 1 aliphatic heterocycles. The van der Waals surface area contributed by atoms with Gasteiger partial charge in [-0.3, -0.25) is 9.89 Å². The van der Waals surface area contributed by atoms with Crippen molar-refractivity contribution in [3.05, 3.63) is 35.4 Å². The van der Waals surface area contributed by atoms with Crippen molar-refractivity contribution in [2.45, 2.75) is 59.0 Å². The van der Waals surface area contributed by atoms with Crippen LogP contribution in [-0.2, 0) is 17.8 Å². The summed E-state index contributed by atoms with van der Waals surface area (Å²) in [5.74, 6) is 0.902. The van der Waals surface area contributed by atoms with Crippen LogP contribution in [0.3, 0.4) is 0 Å². The number of nitrogens with zero attached hydrogens (tertiary/aromatic N) is 3. The zero-order valence-corrected chi connectivity index (χ0v) is 23.4. The summed E-state index contributed by atoms with van der Waals surface area (Å²) < 4.78 is 5.67. The first kappa shape index (κ1) is 28.3. The normalized spacial score (nSPS) is 19.3. The molecule has 1 heterocycles. The van der Waals surface area contributed by atoms with Gasteiger partial charge in [-0.15, -0.1) is 24.0 Å². The summed E-state index contributed by atoms with van der Waals surface area (Å²) in [4.78, 5) is 9.62. The second-order valence-electron chi connectivity index (χ2n) is 9.41. The molecule has 1 aliphatic carbocycles. The number of ether oxygens (including phenoxy) is 1. The Morgan fingerprint density at radius 3 is 2.30 bits per heavy atom. The SMILES string of the molecule is CCOCCC1(CNC(=NC)NCc2ccccc2CN2CCN(CC)CC2)CCCC1.I. The molecule has 7 heteroatoms. The van der Waals surface area contributed by atoms with Gasteiger partial charge in [-0.05, 0) is 49.3 Å². The Morgan fingerprint density at radius 2 is 1.67 bits per heavy atom. The van der Waals surface area contributed by atoms with Crippen molar-refractivity contribution in [3.63, 3.8) is 0 Å². The van der Waals surface area contributed by atoms with Gasteiger partial charge >= 0.3 is 0 Å². The lowest BCUT2D eigenvalue weighted by Crippen LogP contribution is -2.45. The first-order valence-electron chi connectivity index (χ1n) is 12.7. The zero-order valence-electron chi connectivity index (χ0n) is 21.1. The molecule has 0 amide bonds. The number of halogens is 1. The molecule has 1 aromatic carbocycles. The molecule has 1 aromatic rings. The predicted octanol–water partition coefficient (Wildman–Crippen LogP) is 4.09. The highest BCUT2D eigenvalue weighted by Crippen LogP contribution is 2.40. The van der Waals surface area contributed by atoms with E-state index in [1.54, 1.807) is 0 Å². The minimum Gasteiger partial charge on any atom is -0.382 e. The van der Waals surface area contributed by atoms with Crippen molar-refractivity contribution in [1.29, 1.82) is 0 Å². The fourth-order valence-electron chi connectivity index (χ4n) is 5.13. The summed E-state index contributed by atoms with van der Waals surface area (Å²) in [6.07, 6.45) is 6.38. The summed E-state index contributed by atoms with van der Waals surface area (Å²) in [5, 5.41) is 7.20. The van der Waals surface area contributed by atoms with Crippen LogP contribution < -0.4 is 10.6 Å². The molecule has 1 saturated carbocycles. The number of nitrogens with one attached hydrogen (secondary N) is 2. The van der Waals surface area contributed by atoms with Crippen molar-refractivity contribution in [3.8, 4) is 0 Å². The maximum absolute atomic E-state index is 5.67. The minimum absolute atomic E-state index is 0. The third kappa shape index (κ3) is 9.00. The van der Waals surface area contributed by atoms with Crippen LogP contribution in [-0.4, -0.2) is 75.3 Å². The Hall–Kier alpha value is -0.900. The van der Waals surface area contributed by atoms with Crippen molar-refractivity contribution in [2.75, 3.05) is 59.5 Å². The minimum atomic E-state index is 0. The Bertz CT molecular complexity index is 700. The van der Waals surface area contributed by atoms with Gasteiger partial charge in [0.15, 0.2) is 5.96 Å². The molecule has 188 valence electrons. The lowest BCUT2D eigenvalue weighted by Gasteiger charge is -2.34. The molecule has 6 nitrogen and oxygen atoms in total. The monoisotopic (exact) mass is 571 g/mol. The molecule has 3 rings (SSSR count). The van der Waals surface area contributed by atoms with E-state index in [4.69, 9.17) is 4.74 Å². The standard InChI is InChI=1S/C26H45N5O.HI/c1-4-30-15-17-31(18-16-30)21-24-11-7-6-10-23(24)20-28-25(27-3)29-22-26(12-8-9-13-26)14-19-32-5-2;/h6-7,10-11H,4-5,8-9,12-22H2,1-3H3,(H2,27,28,29);1H. The van der Waals surface area contributed by atoms with Crippen molar-refractivity contribution < 1.29 is 4.74 Å². The van der Waals surface area contributed by atoms with Gasteiger partial charge in [0, 0.05) is 66.1 Å². The first-order valence-corrected chi connectivity index (χ1v) is 12.7. The molecule has 0 spiro atoms. The fourth-order valence-corrected chi connectivity index (χ4v) is 5.13.